The highest BCUT2D eigenvalue weighted by Crippen LogP contribution is 2.46. The van der Waals surface area contributed by atoms with Gasteiger partial charge in [0, 0.05) is 20.5 Å². The van der Waals surface area contributed by atoms with Crippen molar-refractivity contribution in [2.75, 3.05) is 0 Å². The molecule has 0 aliphatic rings. The van der Waals surface area contributed by atoms with Gasteiger partial charge in [-0.3, -0.25) is 0 Å². The van der Waals surface area contributed by atoms with E-state index in [1.165, 1.54) is 81.5 Å². The number of hydrogen-bond donors (Lipinski definition) is 0. The number of fused-ring (bicyclic) bond motifs is 7. The van der Waals surface area contributed by atoms with Crippen molar-refractivity contribution in [3.63, 3.8) is 0 Å². The first-order valence-corrected chi connectivity index (χ1v) is 21.6. The second-order valence-corrected chi connectivity index (χ2v) is 11.9. The second-order valence-electron chi connectivity index (χ2n) is 10.8. The van der Waals surface area contributed by atoms with Crippen LogP contribution in [0.4, 0.5) is 0 Å². The van der Waals surface area contributed by atoms with Crippen LogP contribution in [0.3, 0.4) is 0 Å². The van der Waals surface area contributed by atoms with E-state index in [9.17, 15) is 0 Å². The number of thiophene rings is 1. The van der Waals surface area contributed by atoms with Crippen molar-refractivity contribution in [1.29, 1.82) is 0 Å². The number of benzene rings is 7. The molecule has 0 aliphatic carbocycles. The summed E-state index contributed by atoms with van der Waals surface area (Å²) < 4.78 is 1.31. The molecule has 0 fully saturated rings. The molecule has 0 amide bonds. The van der Waals surface area contributed by atoms with Crippen LogP contribution in [-0.4, -0.2) is 0 Å². The Labute approximate surface area is 333 Å². The lowest BCUT2D eigenvalue weighted by Gasteiger charge is -2.12. The van der Waals surface area contributed by atoms with Gasteiger partial charge in [0.15, 0.2) is 0 Å². The van der Waals surface area contributed by atoms with Crippen molar-refractivity contribution < 1.29 is 0 Å². The van der Waals surface area contributed by atoms with Gasteiger partial charge in [0.1, 0.15) is 0 Å². The molecule has 286 valence electrons. The molecule has 0 radical (unpaired) electrons. The van der Waals surface area contributed by atoms with Gasteiger partial charge in [0.2, 0.25) is 0 Å². The molecule has 0 bridgehead atoms. The topological polar surface area (TPSA) is 0 Å². The van der Waals surface area contributed by atoms with Crippen molar-refractivity contribution in [3.8, 4) is 32.7 Å². The molecule has 54 heavy (non-hydrogen) atoms. The highest BCUT2D eigenvalue weighted by molar-refractivity contribution is 7.23. The Morgan fingerprint density at radius 1 is 0.315 bits per heavy atom. The van der Waals surface area contributed by atoms with Gasteiger partial charge in [-0.05, 0) is 72.8 Å². The minimum Gasteiger partial charge on any atom is -0.135 e. The Balaban J connectivity index is 0.000000870. The molecule has 0 spiro atoms. The molecule has 1 heteroatoms. The summed E-state index contributed by atoms with van der Waals surface area (Å²) in [6.07, 6.45) is 1.25. The first-order chi connectivity index (χ1) is 26.8. The molecular weight excluding hydrogens is 669 g/mol. The lowest BCUT2D eigenvalue weighted by Crippen LogP contribution is -1.85. The fourth-order valence-electron chi connectivity index (χ4n) is 6.05. The maximum atomic E-state index is 2.39. The maximum absolute atomic E-state index is 2.39. The van der Waals surface area contributed by atoms with Crippen molar-refractivity contribution >= 4 is 53.7 Å². The van der Waals surface area contributed by atoms with Crippen molar-refractivity contribution in [3.05, 3.63) is 146 Å². The van der Waals surface area contributed by atoms with Gasteiger partial charge in [-0.25, -0.2) is 0 Å². The van der Waals surface area contributed by atoms with E-state index in [1.807, 2.05) is 94.4 Å². The first-order valence-electron chi connectivity index (χ1n) is 20.8. The van der Waals surface area contributed by atoms with Gasteiger partial charge in [-0.2, -0.15) is 0 Å². The fraction of sp³-hybridized carbons (Fsp3) is 0.283. The summed E-state index contributed by atoms with van der Waals surface area (Å²) in [6, 6.07) is 53.1. The Bertz CT molecular complexity index is 2130. The summed E-state index contributed by atoms with van der Waals surface area (Å²) >= 11 is 1.88. The molecule has 7 aromatic carbocycles. The summed E-state index contributed by atoms with van der Waals surface area (Å²) in [5, 5.41) is 9.16. The van der Waals surface area contributed by atoms with E-state index < -0.39 is 0 Å². The van der Waals surface area contributed by atoms with Crippen LogP contribution < -0.4 is 0 Å². The van der Waals surface area contributed by atoms with E-state index in [4.69, 9.17) is 0 Å². The normalized spacial score (nSPS) is 9.37. The molecule has 1 aromatic heterocycles. The summed E-state index contributed by atoms with van der Waals surface area (Å²) in [7, 11) is 0. The molecule has 0 N–H and O–H groups in total. The molecule has 0 nitrogen and oxygen atoms in total. The predicted octanol–water partition coefficient (Wildman–Crippen LogP) is 18.9. The van der Waals surface area contributed by atoms with E-state index in [2.05, 4.69) is 159 Å². The molecule has 0 saturated carbocycles. The van der Waals surface area contributed by atoms with Crippen LogP contribution in [0.5, 0.6) is 0 Å². The average molecular weight is 737 g/mol. The molecule has 1 heterocycles. The largest absolute Gasteiger partial charge is 0.135 e. The van der Waals surface area contributed by atoms with E-state index in [-0.39, 0.29) is 0 Å². The number of rotatable bonds is 3. The average Bonchev–Trinajstić information content (AvgIpc) is 3.68. The summed E-state index contributed by atoms with van der Waals surface area (Å²) in [5.41, 5.74) is 6.34. The Morgan fingerprint density at radius 3 is 1.09 bits per heavy atom. The molecule has 0 saturated heterocycles. The maximum Gasteiger partial charge on any atom is 0.0433 e. The van der Waals surface area contributed by atoms with Gasteiger partial charge in [-0.1, -0.05) is 231 Å². The Hall–Kier alpha value is -4.72. The number of hydrogen-bond acceptors (Lipinski definition) is 1. The quantitative estimate of drug-likeness (QED) is 0.158. The van der Waals surface area contributed by atoms with E-state index in [0.717, 1.165) is 0 Å². The van der Waals surface area contributed by atoms with Crippen LogP contribution in [0.15, 0.2) is 146 Å². The third-order valence-corrected chi connectivity index (χ3v) is 9.08. The minimum absolute atomic E-state index is 1.25. The van der Waals surface area contributed by atoms with E-state index in [0.29, 0.717) is 0 Å². The van der Waals surface area contributed by atoms with Gasteiger partial charge in [0.05, 0.1) is 0 Å². The van der Waals surface area contributed by atoms with Gasteiger partial charge < -0.3 is 0 Å². The van der Waals surface area contributed by atoms with Crippen LogP contribution in [0.25, 0.3) is 75.1 Å². The lowest BCUT2D eigenvalue weighted by atomic mass is 9.91. The molecular formula is C53H68S. The van der Waals surface area contributed by atoms with Crippen LogP contribution in [0.2, 0.25) is 0 Å². The summed E-state index contributed by atoms with van der Waals surface area (Å²) in [5.74, 6) is 0. The third-order valence-electron chi connectivity index (χ3n) is 7.86. The minimum atomic E-state index is 1.25. The first kappa shape index (κ1) is 47.3. The van der Waals surface area contributed by atoms with Gasteiger partial charge in [-0.15, -0.1) is 11.3 Å². The predicted molar refractivity (Wildman–Crippen MR) is 255 cm³/mol. The van der Waals surface area contributed by atoms with Crippen LogP contribution in [0, 0.1) is 0 Å². The van der Waals surface area contributed by atoms with Gasteiger partial charge >= 0.3 is 0 Å². The summed E-state index contributed by atoms with van der Waals surface area (Å²) in [6.45, 7) is 28.2. The monoisotopic (exact) mass is 737 g/mol. The van der Waals surface area contributed by atoms with Crippen molar-refractivity contribution in [2.45, 2.75) is 103 Å². The van der Waals surface area contributed by atoms with Crippen LogP contribution in [0.1, 0.15) is 103 Å². The SMILES string of the molecule is CC.CC.CC.CC.CC.CC.CCC.c1ccc(-c2sc3ccc(-c4ccc5c6ccccc6c6ccccc6c5c4)cc3c2-c2ccccc2)cc1. The van der Waals surface area contributed by atoms with Gasteiger partial charge in [0.25, 0.3) is 0 Å². The zero-order chi connectivity index (χ0) is 40.5. The van der Waals surface area contributed by atoms with Crippen LogP contribution >= 0.6 is 11.3 Å². The zero-order valence-electron chi connectivity index (χ0n) is 36.0. The highest BCUT2D eigenvalue weighted by Gasteiger charge is 2.17. The zero-order valence-corrected chi connectivity index (χ0v) is 36.8. The third kappa shape index (κ3) is 11.2. The molecule has 8 rings (SSSR count). The fourth-order valence-corrected chi connectivity index (χ4v) is 7.26. The second kappa shape index (κ2) is 27.0. The van der Waals surface area contributed by atoms with Crippen LogP contribution in [-0.2, 0) is 0 Å². The Kier molecular flexibility index (Phi) is 23.6. The smallest absolute Gasteiger partial charge is 0.0433 e. The van der Waals surface area contributed by atoms with E-state index >= 15 is 0 Å². The van der Waals surface area contributed by atoms with Crippen molar-refractivity contribution in [1.82, 2.24) is 0 Å². The molecule has 0 unspecified atom stereocenters. The standard InChI is InChI=1S/C38H24S.C3H8.6C2H6/c1-3-11-25(12-4-1)37-35-24-28(20-22-36(35)39-38(37)26-13-5-2-6-14-26)27-19-21-33-31-17-8-7-15-29(31)30-16-9-10-18-32(30)34(33)23-27;1-3-2;6*1-2/h1-24H;3H2,1-2H3;6*1-2H3. The molecule has 0 aliphatic heterocycles. The lowest BCUT2D eigenvalue weighted by molar-refractivity contribution is 1.09. The Morgan fingerprint density at radius 2 is 0.648 bits per heavy atom. The molecule has 0 atom stereocenters. The molecule has 8 aromatic rings. The summed E-state index contributed by atoms with van der Waals surface area (Å²) in [4.78, 5) is 1.32. The van der Waals surface area contributed by atoms with E-state index in [1.54, 1.807) is 0 Å². The van der Waals surface area contributed by atoms with Crippen molar-refractivity contribution in [2.24, 2.45) is 0 Å². The highest BCUT2D eigenvalue weighted by atomic mass is 32.1.